The van der Waals surface area contributed by atoms with E-state index in [1.54, 1.807) is 0 Å². The van der Waals surface area contributed by atoms with Crippen LogP contribution >= 0.6 is 0 Å². The maximum Gasteiger partial charge on any atom is 0.0435 e. The predicted molar refractivity (Wildman–Crippen MR) is 51.0 cm³/mol. The number of pyridine rings is 1. The molecular formula is C10H16N2. The van der Waals surface area contributed by atoms with Gasteiger partial charge in [0.1, 0.15) is 0 Å². The molecule has 2 heteroatoms. The van der Waals surface area contributed by atoms with Crippen molar-refractivity contribution in [2.45, 2.75) is 33.2 Å². The molecule has 0 radical (unpaired) electrons. The van der Waals surface area contributed by atoms with E-state index in [4.69, 9.17) is 5.73 Å². The highest BCUT2D eigenvalue weighted by Crippen LogP contribution is 2.13. The summed E-state index contributed by atoms with van der Waals surface area (Å²) in [4.78, 5) is 4.43. The van der Waals surface area contributed by atoms with E-state index in [9.17, 15) is 0 Å². The molecule has 2 N–H and O–H groups in total. The smallest absolute Gasteiger partial charge is 0.0435 e. The Hall–Kier alpha value is -0.890. The zero-order valence-electron chi connectivity index (χ0n) is 7.96. The van der Waals surface area contributed by atoms with Gasteiger partial charge in [0.05, 0.1) is 0 Å². The number of hydrogen-bond acceptors (Lipinski definition) is 2. The molecule has 0 amide bonds. The zero-order valence-corrected chi connectivity index (χ0v) is 7.96. The second-order valence-electron chi connectivity index (χ2n) is 3.40. The monoisotopic (exact) mass is 164 g/mol. The van der Waals surface area contributed by atoms with E-state index in [1.165, 1.54) is 5.56 Å². The van der Waals surface area contributed by atoms with Crippen molar-refractivity contribution in [1.29, 1.82) is 0 Å². The predicted octanol–water partition coefficient (Wildman–Crippen LogP) is 1.97. The van der Waals surface area contributed by atoms with Crippen LogP contribution in [0.2, 0.25) is 0 Å². The number of nitrogens with two attached hydrogens (primary N) is 1. The Bertz CT molecular complexity index is 267. The molecule has 1 aromatic heterocycles. The Morgan fingerprint density at radius 2 is 2.08 bits per heavy atom. The fraction of sp³-hybridized carbons (Fsp3) is 0.500. The summed E-state index contributed by atoms with van der Waals surface area (Å²) < 4.78 is 0. The Morgan fingerprint density at radius 3 is 2.58 bits per heavy atom. The van der Waals surface area contributed by atoms with Crippen LogP contribution in [0, 0.1) is 6.92 Å². The topological polar surface area (TPSA) is 38.9 Å². The lowest BCUT2D eigenvalue weighted by Gasteiger charge is -2.07. The summed E-state index contributed by atoms with van der Waals surface area (Å²) in [6.07, 6.45) is 0. The molecule has 0 aliphatic carbocycles. The van der Waals surface area contributed by atoms with Crippen LogP contribution in [-0.2, 0) is 6.54 Å². The molecule has 1 heterocycles. The second kappa shape index (κ2) is 3.68. The highest BCUT2D eigenvalue weighted by molar-refractivity contribution is 5.22. The molecule has 0 fully saturated rings. The average Bonchev–Trinajstić information content (AvgIpc) is 2.03. The Kier molecular flexibility index (Phi) is 2.82. The minimum atomic E-state index is 0.482. The summed E-state index contributed by atoms with van der Waals surface area (Å²) in [5.41, 5.74) is 8.92. The summed E-state index contributed by atoms with van der Waals surface area (Å²) in [6, 6.07) is 4.11. The summed E-state index contributed by atoms with van der Waals surface area (Å²) >= 11 is 0. The first-order valence-electron chi connectivity index (χ1n) is 4.31. The Morgan fingerprint density at radius 1 is 1.42 bits per heavy atom. The summed E-state index contributed by atoms with van der Waals surface area (Å²) in [7, 11) is 0. The van der Waals surface area contributed by atoms with E-state index in [0.717, 1.165) is 11.4 Å². The standard InChI is InChI=1S/C10H16N2/c1-7(2)10-5-9(6-11)4-8(3)12-10/h4-5,7H,6,11H2,1-3H3. The lowest BCUT2D eigenvalue weighted by Crippen LogP contribution is -2.01. The van der Waals surface area contributed by atoms with Gasteiger partial charge >= 0.3 is 0 Å². The summed E-state index contributed by atoms with van der Waals surface area (Å²) in [5, 5.41) is 0. The highest BCUT2D eigenvalue weighted by atomic mass is 14.7. The third-order valence-electron chi connectivity index (χ3n) is 1.86. The van der Waals surface area contributed by atoms with Crippen molar-refractivity contribution in [3.63, 3.8) is 0 Å². The van der Waals surface area contributed by atoms with Crippen LogP contribution in [-0.4, -0.2) is 4.98 Å². The molecule has 0 aliphatic heterocycles. The first-order chi connectivity index (χ1) is 5.63. The third kappa shape index (κ3) is 2.05. The minimum Gasteiger partial charge on any atom is -0.326 e. The van der Waals surface area contributed by atoms with Crippen LogP contribution in [0.5, 0.6) is 0 Å². The SMILES string of the molecule is Cc1cc(CN)cc(C(C)C)n1. The van der Waals surface area contributed by atoms with Gasteiger partial charge in [-0.15, -0.1) is 0 Å². The zero-order chi connectivity index (χ0) is 9.14. The normalized spacial score (nSPS) is 10.8. The molecule has 0 aromatic carbocycles. The van der Waals surface area contributed by atoms with Gasteiger partial charge in [-0.2, -0.15) is 0 Å². The van der Waals surface area contributed by atoms with E-state index in [2.05, 4.69) is 24.9 Å². The largest absolute Gasteiger partial charge is 0.326 e. The lowest BCUT2D eigenvalue weighted by atomic mass is 10.1. The highest BCUT2D eigenvalue weighted by Gasteiger charge is 2.02. The van der Waals surface area contributed by atoms with Crippen molar-refractivity contribution >= 4 is 0 Å². The molecular weight excluding hydrogens is 148 g/mol. The number of rotatable bonds is 2. The van der Waals surface area contributed by atoms with Crippen molar-refractivity contribution in [2.24, 2.45) is 5.73 Å². The van der Waals surface area contributed by atoms with Crippen molar-refractivity contribution < 1.29 is 0 Å². The summed E-state index contributed by atoms with van der Waals surface area (Å²) in [5.74, 6) is 0.482. The third-order valence-corrected chi connectivity index (χ3v) is 1.86. The van der Waals surface area contributed by atoms with Gasteiger partial charge in [-0.25, -0.2) is 0 Å². The van der Waals surface area contributed by atoms with Gasteiger partial charge < -0.3 is 5.73 Å². The van der Waals surface area contributed by atoms with E-state index in [1.807, 2.05) is 13.0 Å². The average molecular weight is 164 g/mol. The molecule has 0 bridgehead atoms. The number of aryl methyl sites for hydroxylation is 1. The van der Waals surface area contributed by atoms with E-state index in [-0.39, 0.29) is 0 Å². The van der Waals surface area contributed by atoms with Gasteiger partial charge in [-0.3, -0.25) is 4.98 Å². The van der Waals surface area contributed by atoms with Crippen molar-refractivity contribution in [3.05, 3.63) is 29.1 Å². The summed E-state index contributed by atoms with van der Waals surface area (Å²) in [6.45, 7) is 6.89. The quantitative estimate of drug-likeness (QED) is 0.725. The maximum atomic E-state index is 5.56. The number of aromatic nitrogens is 1. The lowest BCUT2D eigenvalue weighted by molar-refractivity contribution is 0.808. The van der Waals surface area contributed by atoms with E-state index in [0.29, 0.717) is 12.5 Å². The van der Waals surface area contributed by atoms with Gasteiger partial charge in [-0.05, 0) is 30.5 Å². The van der Waals surface area contributed by atoms with Crippen LogP contribution in [0.25, 0.3) is 0 Å². The van der Waals surface area contributed by atoms with Gasteiger partial charge in [0.15, 0.2) is 0 Å². The molecule has 1 aromatic rings. The molecule has 0 saturated heterocycles. The molecule has 1 rings (SSSR count). The molecule has 66 valence electrons. The molecule has 0 aliphatic rings. The van der Waals surface area contributed by atoms with Crippen LogP contribution in [0.4, 0.5) is 0 Å². The maximum absolute atomic E-state index is 5.56. The first-order valence-corrected chi connectivity index (χ1v) is 4.31. The molecule has 0 saturated carbocycles. The molecule has 0 unspecified atom stereocenters. The van der Waals surface area contributed by atoms with E-state index >= 15 is 0 Å². The molecule has 0 atom stereocenters. The van der Waals surface area contributed by atoms with Gasteiger partial charge in [0.25, 0.3) is 0 Å². The van der Waals surface area contributed by atoms with Gasteiger partial charge in [0, 0.05) is 17.9 Å². The number of nitrogens with zero attached hydrogens (tertiary/aromatic N) is 1. The Balaban J connectivity index is 3.06. The fourth-order valence-electron chi connectivity index (χ4n) is 1.18. The molecule has 0 spiro atoms. The molecule has 12 heavy (non-hydrogen) atoms. The fourth-order valence-corrected chi connectivity index (χ4v) is 1.18. The van der Waals surface area contributed by atoms with Crippen molar-refractivity contribution in [3.8, 4) is 0 Å². The minimum absolute atomic E-state index is 0.482. The van der Waals surface area contributed by atoms with Crippen LogP contribution in [0.3, 0.4) is 0 Å². The van der Waals surface area contributed by atoms with Gasteiger partial charge in [0.2, 0.25) is 0 Å². The van der Waals surface area contributed by atoms with Crippen molar-refractivity contribution in [2.75, 3.05) is 0 Å². The van der Waals surface area contributed by atoms with Crippen molar-refractivity contribution in [1.82, 2.24) is 4.98 Å². The Labute approximate surface area is 73.8 Å². The van der Waals surface area contributed by atoms with Crippen LogP contribution in [0.15, 0.2) is 12.1 Å². The van der Waals surface area contributed by atoms with Gasteiger partial charge in [-0.1, -0.05) is 13.8 Å². The first kappa shape index (κ1) is 9.20. The van der Waals surface area contributed by atoms with Crippen LogP contribution in [0.1, 0.15) is 36.7 Å². The second-order valence-corrected chi connectivity index (χ2v) is 3.40. The number of hydrogen-bond donors (Lipinski definition) is 1. The van der Waals surface area contributed by atoms with E-state index < -0.39 is 0 Å². The molecule has 2 nitrogen and oxygen atoms in total. The van der Waals surface area contributed by atoms with Crippen LogP contribution < -0.4 is 5.73 Å².